The summed E-state index contributed by atoms with van der Waals surface area (Å²) in [6.45, 7) is 0.958. The standard InChI is InChI=1S/C13H22N2O.ClH/c1-15(7-8-2-3-8)13(16)11-9-4-5-10(6-9)12(11)14;/h8-12H,2-7,14H2,1H3;1H. The van der Waals surface area contributed by atoms with Crippen molar-refractivity contribution in [3.63, 3.8) is 0 Å². The van der Waals surface area contributed by atoms with Gasteiger partial charge in [-0.25, -0.2) is 0 Å². The minimum Gasteiger partial charge on any atom is -0.345 e. The van der Waals surface area contributed by atoms with E-state index >= 15 is 0 Å². The number of hydrogen-bond donors (Lipinski definition) is 1. The fraction of sp³-hybridized carbons (Fsp3) is 0.923. The van der Waals surface area contributed by atoms with Gasteiger partial charge >= 0.3 is 0 Å². The molecule has 0 aliphatic heterocycles. The Kier molecular flexibility index (Phi) is 3.69. The van der Waals surface area contributed by atoms with Gasteiger partial charge in [-0.05, 0) is 49.9 Å². The second-order valence-electron chi connectivity index (χ2n) is 6.10. The van der Waals surface area contributed by atoms with Crippen LogP contribution < -0.4 is 5.73 Å². The quantitative estimate of drug-likeness (QED) is 0.837. The van der Waals surface area contributed by atoms with Gasteiger partial charge in [-0.2, -0.15) is 0 Å². The summed E-state index contributed by atoms with van der Waals surface area (Å²) in [7, 11) is 1.96. The van der Waals surface area contributed by atoms with Crippen LogP contribution in [-0.2, 0) is 4.79 Å². The van der Waals surface area contributed by atoms with Gasteiger partial charge in [-0.3, -0.25) is 4.79 Å². The van der Waals surface area contributed by atoms with Crippen LogP contribution in [0.1, 0.15) is 32.1 Å². The summed E-state index contributed by atoms with van der Waals surface area (Å²) in [5, 5.41) is 0. The van der Waals surface area contributed by atoms with Crippen molar-refractivity contribution in [1.82, 2.24) is 4.90 Å². The van der Waals surface area contributed by atoms with E-state index in [0.717, 1.165) is 12.5 Å². The zero-order valence-electron chi connectivity index (χ0n) is 10.5. The van der Waals surface area contributed by atoms with E-state index in [4.69, 9.17) is 5.73 Å². The lowest BCUT2D eigenvalue weighted by molar-refractivity contribution is -0.136. The second-order valence-corrected chi connectivity index (χ2v) is 6.10. The van der Waals surface area contributed by atoms with E-state index in [2.05, 4.69) is 0 Å². The summed E-state index contributed by atoms with van der Waals surface area (Å²) in [6, 6.07) is 0.146. The first kappa shape index (κ1) is 13.2. The Hall–Kier alpha value is -0.280. The monoisotopic (exact) mass is 258 g/mol. The van der Waals surface area contributed by atoms with Crippen LogP contribution in [0.3, 0.4) is 0 Å². The Bertz CT molecular complexity index is 304. The van der Waals surface area contributed by atoms with Gasteiger partial charge < -0.3 is 10.6 Å². The van der Waals surface area contributed by atoms with Crippen molar-refractivity contribution in [2.45, 2.75) is 38.1 Å². The minimum atomic E-state index is 0. The summed E-state index contributed by atoms with van der Waals surface area (Å²) in [4.78, 5) is 14.3. The summed E-state index contributed by atoms with van der Waals surface area (Å²) in [5.41, 5.74) is 6.20. The zero-order chi connectivity index (χ0) is 11.3. The Labute approximate surface area is 110 Å². The molecule has 0 heterocycles. The van der Waals surface area contributed by atoms with Gasteiger partial charge in [-0.1, -0.05) is 0 Å². The summed E-state index contributed by atoms with van der Waals surface area (Å²) >= 11 is 0. The van der Waals surface area contributed by atoms with Gasteiger partial charge in [0.25, 0.3) is 0 Å². The van der Waals surface area contributed by atoms with Crippen LogP contribution in [0.2, 0.25) is 0 Å². The Balaban J connectivity index is 0.00000108. The lowest BCUT2D eigenvalue weighted by atomic mass is 9.84. The maximum atomic E-state index is 12.4. The van der Waals surface area contributed by atoms with Crippen molar-refractivity contribution in [2.75, 3.05) is 13.6 Å². The predicted octanol–water partition coefficient (Wildman–Crippen LogP) is 1.65. The first-order chi connectivity index (χ1) is 7.66. The Morgan fingerprint density at radius 1 is 1.24 bits per heavy atom. The summed E-state index contributed by atoms with van der Waals surface area (Å²) < 4.78 is 0. The molecule has 3 saturated carbocycles. The van der Waals surface area contributed by atoms with Crippen LogP contribution in [0.5, 0.6) is 0 Å². The van der Waals surface area contributed by atoms with Crippen LogP contribution in [0.15, 0.2) is 0 Å². The van der Waals surface area contributed by atoms with E-state index in [9.17, 15) is 4.79 Å². The van der Waals surface area contributed by atoms with Gasteiger partial charge in [0, 0.05) is 19.6 Å². The zero-order valence-corrected chi connectivity index (χ0v) is 11.3. The van der Waals surface area contributed by atoms with Crippen molar-refractivity contribution in [3.8, 4) is 0 Å². The van der Waals surface area contributed by atoms with Gasteiger partial charge in [-0.15, -0.1) is 12.4 Å². The van der Waals surface area contributed by atoms with Crippen LogP contribution in [-0.4, -0.2) is 30.4 Å². The Morgan fingerprint density at radius 2 is 1.88 bits per heavy atom. The number of nitrogens with two attached hydrogens (primary N) is 1. The number of fused-ring (bicyclic) bond motifs is 2. The number of carbonyl (C=O) groups excluding carboxylic acids is 1. The highest BCUT2D eigenvalue weighted by Crippen LogP contribution is 2.48. The highest BCUT2D eigenvalue weighted by Gasteiger charge is 2.49. The molecule has 4 heteroatoms. The number of hydrogen-bond acceptors (Lipinski definition) is 2. The van der Waals surface area contributed by atoms with E-state index in [-0.39, 0.29) is 24.4 Å². The lowest BCUT2D eigenvalue weighted by Gasteiger charge is -2.30. The molecule has 98 valence electrons. The van der Waals surface area contributed by atoms with E-state index in [0.29, 0.717) is 17.7 Å². The maximum Gasteiger partial charge on any atom is 0.227 e. The van der Waals surface area contributed by atoms with Crippen LogP contribution in [0.25, 0.3) is 0 Å². The van der Waals surface area contributed by atoms with Crippen LogP contribution >= 0.6 is 12.4 Å². The molecule has 3 rings (SSSR count). The highest BCUT2D eigenvalue weighted by molar-refractivity contribution is 5.85. The third-order valence-electron chi connectivity index (χ3n) is 4.87. The molecule has 17 heavy (non-hydrogen) atoms. The van der Waals surface area contributed by atoms with Gasteiger partial charge in [0.2, 0.25) is 5.91 Å². The van der Waals surface area contributed by atoms with E-state index in [1.807, 2.05) is 11.9 Å². The van der Waals surface area contributed by atoms with E-state index in [1.54, 1.807) is 0 Å². The number of halogens is 1. The highest BCUT2D eigenvalue weighted by atomic mass is 35.5. The average Bonchev–Trinajstić information content (AvgIpc) is 2.86. The van der Waals surface area contributed by atoms with Gasteiger partial charge in [0.05, 0.1) is 5.92 Å². The second kappa shape index (κ2) is 4.77. The first-order valence-electron chi connectivity index (χ1n) is 6.67. The number of rotatable bonds is 3. The molecular formula is C13H23ClN2O. The normalized spacial score (nSPS) is 38.9. The van der Waals surface area contributed by atoms with Gasteiger partial charge in [0.15, 0.2) is 0 Å². The largest absolute Gasteiger partial charge is 0.345 e. The van der Waals surface area contributed by atoms with Crippen LogP contribution in [0.4, 0.5) is 0 Å². The lowest BCUT2D eigenvalue weighted by Crippen LogP contribution is -2.46. The van der Waals surface area contributed by atoms with Crippen molar-refractivity contribution in [3.05, 3.63) is 0 Å². The van der Waals surface area contributed by atoms with Crippen molar-refractivity contribution < 1.29 is 4.79 Å². The number of carbonyl (C=O) groups is 1. The molecule has 3 aliphatic rings. The Morgan fingerprint density at radius 3 is 2.41 bits per heavy atom. The molecule has 3 aliphatic carbocycles. The fourth-order valence-electron chi connectivity index (χ4n) is 3.73. The fourth-order valence-corrected chi connectivity index (χ4v) is 3.73. The SMILES string of the molecule is CN(CC1CC1)C(=O)C1C2CCC(C2)C1N.Cl. The maximum absolute atomic E-state index is 12.4. The summed E-state index contributed by atoms with van der Waals surface area (Å²) in [5.74, 6) is 2.47. The van der Waals surface area contributed by atoms with E-state index in [1.165, 1.54) is 32.1 Å². The molecule has 0 aromatic rings. The van der Waals surface area contributed by atoms with Crippen molar-refractivity contribution in [2.24, 2.45) is 29.4 Å². The molecule has 0 aromatic heterocycles. The number of nitrogens with zero attached hydrogens (tertiary/aromatic N) is 1. The van der Waals surface area contributed by atoms with Crippen molar-refractivity contribution in [1.29, 1.82) is 0 Å². The molecule has 4 atom stereocenters. The van der Waals surface area contributed by atoms with Crippen molar-refractivity contribution >= 4 is 18.3 Å². The molecular weight excluding hydrogens is 236 g/mol. The smallest absolute Gasteiger partial charge is 0.227 e. The molecule has 3 fully saturated rings. The number of amides is 1. The molecule has 0 saturated heterocycles. The molecule has 0 radical (unpaired) electrons. The molecule has 3 nitrogen and oxygen atoms in total. The predicted molar refractivity (Wildman–Crippen MR) is 69.9 cm³/mol. The molecule has 2 bridgehead atoms. The average molecular weight is 259 g/mol. The molecule has 2 N–H and O–H groups in total. The summed E-state index contributed by atoms with van der Waals surface area (Å²) in [6.07, 6.45) is 6.30. The third-order valence-corrected chi connectivity index (χ3v) is 4.87. The molecule has 0 aromatic carbocycles. The van der Waals surface area contributed by atoms with Crippen LogP contribution in [0, 0.1) is 23.7 Å². The van der Waals surface area contributed by atoms with E-state index < -0.39 is 0 Å². The molecule has 1 amide bonds. The van der Waals surface area contributed by atoms with Gasteiger partial charge in [0.1, 0.15) is 0 Å². The first-order valence-corrected chi connectivity index (χ1v) is 6.67. The molecule has 4 unspecified atom stereocenters. The minimum absolute atomic E-state index is 0. The third kappa shape index (κ3) is 2.32. The topological polar surface area (TPSA) is 46.3 Å². The molecule has 0 spiro atoms.